The van der Waals surface area contributed by atoms with Gasteiger partial charge < -0.3 is 5.32 Å². The highest BCUT2D eigenvalue weighted by atomic mass is 35.5. The molecule has 1 aliphatic rings. The molecule has 4 heteroatoms. The Morgan fingerprint density at radius 2 is 1.90 bits per heavy atom. The summed E-state index contributed by atoms with van der Waals surface area (Å²) in [5.41, 5.74) is 1.45. The molecule has 2 unspecified atom stereocenters. The van der Waals surface area contributed by atoms with E-state index in [1.807, 2.05) is 12.1 Å². The Morgan fingerprint density at radius 1 is 1.20 bits per heavy atom. The lowest BCUT2D eigenvalue weighted by atomic mass is 9.75. The molecule has 112 valence electrons. The van der Waals surface area contributed by atoms with Crippen molar-refractivity contribution in [3.63, 3.8) is 0 Å². The highest BCUT2D eigenvalue weighted by Crippen LogP contribution is 2.38. The Kier molecular flexibility index (Phi) is 5.29. The molecule has 1 N–H and O–H groups in total. The third kappa shape index (κ3) is 3.82. The van der Waals surface area contributed by atoms with Crippen LogP contribution < -0.4 is 5.32 Å². The molecule has 1 saturated carbocycles. The zero-order chi connectivity index (χ0) is 14.9. The van der Waals surface area contributed by atoms with Crippen LogP contribution in [-0.2, 0) is 0 Å². The van der Waals surface area contributed by atoms with Crippen LogP contribution in [-0.4, -0.2) is 6.04 Å². The fourth-order valence-corrected chi connectivity index (χ4v) is 3.87. The molecule has 20 heavy (non-hydrogen) atoms. The summed E-state index contributed by atoms with van der Waals surface area (Å²) < 4.78 is 0. The number of hydrogen-bond donors (Lipinski definition) is 1. The minimum atomic E-state index is 0.177. The largest absolute Gasteiger partial charge is 0.307 e. The Balaban J connectivity index is 2.09. The third-order valence-corrected chi connectivity index (χ3v) is 5.53. The molecular weight excluding hydrogens is 313 g/mol. The Labute approximate surface area is 137 Å². The maximum absolute atomic E-state index is 6.31. The first kappa shape index (κ1) is 16.4. The van der Waals surface area contributed by atoms with Gasteiger partial charge in [0.25, 0.3) is 0 Å². The van der Waals surface area contributed by atoms with Crippen LogP contribution in [0.1, 0.15) is 58.1 Å². The lowest BCUT2D eigenvalue weighted by Crippen LogP contribution is -2.38. The monoisotopic (exact) mass is 333 g/mol. The van der Waals surface area contributed by atoms with Crippen molar-refractivity contribution < 1.29 is 0 Å². The van der Waals surface area contributed by atoms with Gasteiger partial charge in [0.1, 0.15) is 0 Å². The minimum Gasteiger partial charge on any atom is -0.307 e. The summed E-state index contributed by atoms with van der Waals surface area (Å²) in [6, 6.07) is 4.49. The number of hydrogen-bond acceptors (Lipinski definition) is 1. The van der Waals surface area contributed by atoms with Crippen LogP contribution in [0.15, 0.2) is 12.1 Å². The molecule has 1 aromatic rings. The maximum Gasteiger partial charge on any atom is 0.0781 e. The first-order valence-corrected chi connectivity index (χ1v) is 8.33. The topological polar surface area (TPSA) is 12.0 Å². The van der Waals surface area contributed by atoms with E-state index in [9.17, 15) is 0 Å². The van der Waals surface area contributed by atoms with Crippen molar-refractivity contribution in [3.8, 4) is 0 Å². The predicted molar refractivity (Wildman–Crippen MR) is 89.1 cm³/mol. The molecule has 0 spiro atoms. The van der Waals surface area contributed by atoms with Crippen molar-refractivity contribution in [1.82, 2.24) is 5.32 Å². The van der Waals surface area contributed by atoms with E-state index in [1.54, 1.807) is 0 Å². The van der Waals surface area contributed by atoms with E-state index in [2.05, 4.69) is 26.1 Å². The lowest BCUT2D eigenvalue weighted by Gasteiger charge is -2.37. The predicted octanol–water partition coefficient (Wildman–Crippen LogP) is 6.27. The summed E-state index contributed by atoms with van der Waals surface area (Å²) in [5.74, 6) is 0. The molecule has 0 aromatic heterocycles. The smallest absolute Gasteiger partial charge is 0.0781 e. The molecule has 0 saturated heterocycles. The van der Waals surface area contributed by atoms with Gasteiger partial charge >= 0.3 is 0 Å². The number of nitrogens with one attached hydrogen (secondary N) is 1. The second-order valence-corrected chi connectivity index (χ2v) is 7.77. The van der Waals surface area contributed by atoms with Crippen molar-refractivity contribution in [3.05, 3.63) is 32.8 Å². The second-order valence-electron chi connectivity index (χ2n) is 6.61. The highest BCUT2D eigenvalue weighted by molar-refractivity contribution is 6.48. The van der Waals surface area contributed by atoms with Crippen LogP contribution in [0, 0.1) is 5.41 Å². The molecule has 0 radical (unpaired) electrons. The second kappa shape index (κ2) is 6.44. The molecule has 1 fully saturated rings. The first-order valence-electron chi connectivity index (χ1n) is 7.19. The molecule has 1 aliphatic carbocycles. The van der Waals surface area contributed by atoms with Gasteiger partial charge in [0, 0.05) is 12.1 Å². The molecule has 0 amide bonds. The van der Waals surface area contributed by atoms with Crippen LogP contribution in [0.5, 0.6) is 0 Å². The third-order valence-electron chi connectivity index (χ3n) is 4.22. The van der Waals surface area contributed by atoms with E-state index in [4.69, 9.17) is 34.8 Å². The van der Waals surface area contributed by atoms with Crippen LogP contribution in [0.3, 0.4) is 0 Å². The SMILES string of the molecule is CC(NC1CCCC(C)(C)C1)c1ccc(Cl)c(Cl)c1Cl. The fourth-order valence-electron chi connectivity index (χ4n) is 3.16. The van der Waals surface area contributed by atoms with Crippen molar-refractivity contribution in [1.29, 1.82) is 0 Å². The zero-order valence-electron chi connectivity index (χ0n) is 12.3. The van der Waals surface area contributed by atoms with Gasteiger partial charge in [0.05, 0.1) is 15.1 Å². The molecule has 1 aromatic carbocycles. The van der Waals surface area contributed by atoms with Gasteiger partial charge in [-0.25, -0.2) is 0 Å². The lowest BCUT2D eigenvalue weighted by molar-refractivity contribution is 0.191. The molecular formula is C16H22Cl3N. The summed E-state index contributed by atoms with van der Waals surface area (Å²) in [6.07, 6.45) is 5.03. The molecule has 2 atom stereocenters. The number of halogens is 3. The standard InChI is InChI=1S/C16H22Cl3N/c1-10(12-6-7-13(17)15(19)14(12)18)20-11-5-4-8-16(2,3)9-11/h6-7,10-11,20H,4-5,8-9H2,1-3H3. The van der Waals surface area contributed by atoms with Crippen molar-refractivity contribution >= 4 is 34.8 Å². The Bertz CT molecular complexity index is 485. The Hall–Kier alpha value is 0.0500. The van der Waals surface area contributed by atoms with Crippen LogP contribution in [0.25, 0.3) is 0 Å². The summed E-state index contributed by atoms with van der Waals surface area (Å²) in [7, 11) is 0. The summed E-state index contributed by atoms with van der Waals surface area (Å²) in [4.78, 5) is 0. The van der Waals surface area contributed by atoms with Crippen LogP contribution in [0.2, 0.25) is 15.1 Å². The number of rotatable bonds is 3. The van der Waals surface area contributed by atoms with E-state index < -0.39 is 0 Å². The van der Waals surface area contributed by atoms with Gasteiger partial charge in [-0.15, -0.1) is 0 Å². The quantitative estimate of drug-likeness (QED) is 0.643. The van der Waals surface area contributed by atoms with E-state index in [0.717, 1.165) is 5.56 Å². The fraction of sp³-hybridized carbons (Fsp3) is 0.625. The highest BCUT2D eigenvalue weighted by Gasteiger charge is 2.29. The van der Waals surface area contributed by atoms with Gasteiger partial charge in [0.15, 0.2) is 0 Å². The molecule has 1 nitrogen and oxygen atoms in total. The summed E-state index contributed by atoms with van der Waals surface area (Å²) >= 11 is 18.4. The van der Waals surface area contributed by atoms with Crippen molar-refractivity contribution in [2.45, 2.75) is 58.5 Å². The van der Waals surface area contributed by atoms with E-state index >= 15 is 0 Å². The average molecular weight is 335 g/mol. The van der Waals surface area contributed by atoms with E-state index in [1.165, 1.54) is 25.7 Å². The Morgan fingerprint density at radius 3 is 2.55 bits per heavy atom. The van der Waals surface area contributed by atoms with Crippen LogP contribution >= 0.6 is 34.8 Å². The van der Waals surface area contributed by atoms with Gasteiger partial charge in [0.2, 0.25) is 0 Å². The van der Waals surface area contributed by atoms with E-state index in [0.29, 0.717) is 26.5 Å². The summed E-state index contributed by atoms with van der Waals surface area (Å²) in [6.45, 7) is 6.82. The van der Waals surface area contributed by atoms with Gasteiger partial charge in [-0.2, -0.15) is 0 Å². The number of benzene rings is 1. The van der Waals surface area contributed by atoms with E-state index in [-0.39, 0.29) is 6.04 Å². The molecule has 0 aliphatic heterocycles. The summed E-state index contributed by atoms with van der Waals surface area (Å²) in [5, 5.41) is 5.21. The average Bonchev–Trinajstić information content (AvgIpc) is 2.34. The van der Waals surface area contributed by atoms with Gasteiger partial charge in [-0.1, -0.05) is 61.1 Å². The molecule has 2 rings (SSSR count). The van der Waals surface area contributed by atoms with Crippen molar-refractivity contribution in [2.75, 3.05) is 0 Å². The minimum absolute atomic E-state index is 0.177. The normalized spacial score (nSPS) is 23.6. The maximum atomic E-state index is 6.31. The zero-order valence-corrected chi connectivity index (χ0v) is 14.5. The molecule has 0 bridgehead atoms. The van der Waals surface area contributed by atoms with Gasteiger partial charge in [-0.05, 0) is 43.2 Å². The van der Waals surface area contributed by atoms with Crippen molar-refractivity contribution in [2.24, 2.45) is 5.41 Å². The van der Waals surface area contributed by atoms with Gasteiger partial charge in [-0.3, -0.25) is 0 Å². The molecule has 0 heterocycles. The first-order chi connectivity index (χ1) is 9.30. The van der Waals surface area contributed by atoms with Crippen LogP contribution in [0.4, 0.5) is 0 Å².